The Bertz CT molecular complexity index is 509. The Kier molecular flexibility index (Phi) is 6.02. The van der Waals surface area contributed by atoms with Crippen LogP contribution in [-0.2, 0) is 9.59 Å². The Morgan fingerprint density at radius 3 is 2.19 bits per heavy atom. The van der Waals surface area contributed by atoms with Gasteiger partial charge < -0.3 is 20.9 Å². The molecule has 0 spiro atoms. The fourth-order valence-corrected chi connectivity index (χ4v) is 6.62. The van der Waals surface area contributed by atoms with E-state index in [1.807, 2.05) is 0 Å². The van der Waals surface area contributed by atoms with Crippen molar-refractivity contribution in [2.24, 2.45) is 23.2 Å². The summed E-state index contributed by atoms with van der Waals surface area (Å²) < 4.78 is 0. The average molecular weight is 377 g/mol. The number of piperazine rings is 1. The SMILES string of the molecule is O=C(CNC(=O)CC12CC3CC(CC(C3)C1)C2)NCCCN1CCNCC1. The van der Waals surface area contributed by atoms with Gasteiger partial charge >= 0.3 is 0 Å². The number of hydrogen-bond acceptors (Lipinski definition) is 4. The first-order chi connectivity index (χ1) is 13.1. The molecule has 0 aromatic carbocycles. The van der Waals surface area contributed by atoms with E-state index in [-0.39, 0.29) is 23.8 Å². The molecule has 4 bridgehead atoms. The standard InChI is InChI=1S/C21H36N4O2/c26-19(14-21-11-16-8-17(12-21)10-18(9-16)13-21)24-15-20(27)23-2-1-5-25-6-3-22-4-7-25/h16-18,22H,1-15H2,(H,23,27)(H,24,26). The van der Waals surface area contributed by atoms with Crippen molar-refractivity contribution in [2.75, 3.05) is 45.8 Å². The monoisotopic (exact) mass is 376 g/mol. The summed E-state index contributed by atoms with van der Waals surface area (Å²) in [6.45, 7) is 6.14. The molecule has 152 valence electrons. The molecule has 6 heteroatoms. The van der Waals surface area contributed by atoms with E-state index in [4.69, 9.17) is 0 Å². The number of carbonyl (C=O) groups is 2. The van der Waals surface area contributed by atoms with Gasteiger partial charge in [-0.3, -0.25) is 9.59 Å². The topological polar surface area (TPSA) is 73.5 Å². The average Bonchev–Trinajstić information content (AvgIpc) is 2.63. The van der Waals surface area contributed by atoms with Gasteiger partial charge in [0.1, 0.15) is 0 Å². The Morgan fingerprint density at radius 1 is 0.926 bits per heavy atom. The number of amides is 2. The van der Waals surface area contributed by atoms with Crippen LogP contribution >= 0.6 is 0 Å². The zero-order chi connectivity index (χ0) is 18.7. The van der Waals surface area contributed by atoms with E-state index in [2.05, 4.69) is 20.9 Å². The van der Waals surface area contributed by atoms with Gasteiger partial charge in [-0.05, 0) is 74.7 Å². The van der Waals surface area contributed by atoms with Gasteiger partial charge in [0.25, 0.3) is 0 Å². The van der Waals surface area contributed by atoms with Crippen LogP contribution in [0.2, 0.25) is 0 Å². The van der Waals surface area contributed by atoms with E-state index in [0.29, 0.717) is 13.0 Å². The summed E-state index contributed by atoms with van der Waals surface area (Å²) in [5, 5.41) is 9.16. The second-order valence-corrected chi connectivity index (χ2v) is 9.67. The third-order valence-electron chi connectivity index (χ3n) is 7.33. The van der Waals surface area contributed by atoms with Crippen LogP contribution in [0.1, 0.15) is 51.4 Å². The molecule has 1 aliphatic heterocycles. The van der Waals surface area contributed by atoms with Gasteiger partial charge in [0.2, 0.25) is 11.8 Å². The van der Waals surface area contributed by atoms with Crippen molar-refractivity contribution in [3.8, 4) is 0 Å². The molecular formula is C21H36N4O2. The Labute approximate surface area is 163 Å². The maximum absolute atomic E-state index is 12.5. The molecule has 27 heavy (non-hydrogen) atoms. The molecule has 5 aliphatic rings. The fraction of sp³-hybridized carbons (Fsp3) is 0.905. The van der Waals surface area contributed by atoms with Crippen molar-refractivity contribution in [2.45, 2.75) is 51.4 Å². The van der Waals surface area contributed by atoms with Crippen molar-refractivity contribution in [3.05, 3.63) is 0 Å². The van der Waals surface area contributed by atoms with Crippen molar-refractivity contribution in [1.29, 1.82) is 0 Å². The van der Waals surface area contributed by atoms with Crippen molar-refractivity contribution >= 4 is 11.8 Å². The molecule has 4 aliphatic carbocycles. The third-order valence-corrected chi connectivity index (χ3v) is 7.33. The maximum atomic E-state index is 12.5. The molecule has 0 atom stereocenters. The first-order valence-corrected chi connectivity index (χ1v) is 11.1. The smallest absolute Gasteiger partial charge is 0.239 e. The predicted molar refractivity (Wildman–Crippen MR) is 105 cm³/mol. The van der Waals surface area contributed by atoms with E-state index in [1.54, 1.807) is 0 Å². The van der Waals surface area contributed by atoms with Gasteiger partial charge in [-0.2, -0.15) is 0 Å². The lowest BCUT2D eigenvalue weighted by Gasteiger charge is -2.56. The van der Waals surface area contributed by atoms with Crippen LogP contribution in [0, 0.1) is 23.2 Å². The summed E-state index contributed by atoms with van der Waals surface area (Å²) in [5.41, 5.74) is 0.249. The van der Waals surface area contributed by atoms with E-state index in [0.717, 1.165) is 56.9 Å². The lowest BCUT2D eigenvalue weighted by Crippen LogP contribution is -2.48. The fourth-order valence-electron chi connectivity index (χ4n) is 6.62. The first kappa shape index (κ1) is 19.2. The molecule has 0 aromatic rings. The maximum Gasteiger partial charge on any atom is 0.239 e. The molecule has 5 fully saturated rings. The normalized spacial score (nSPS) is 35.2. The highest BCUT2D eigenvalue weighted by atomic mass is 16.2. The molecule has 3 N–H and O–H groups in total. The van der Waals surface area contributed by atoms with Crippen LogP contribution in [-0.4, -0.2) is 62.5 Å². The first-order valence-electron chi connectivity index (χ1n) is 11.1. The van der Waals surface area contributed by atoms with Gasteiger partial charge in [0.15, 0.2) is 0 Å². The number of hydrogen-bond donors (Lipinski definition) is 3. The zero-order valence-electron chi connectivity index (χ0n) is 16.6. The molecule has 4 saturated carbocycles. The van der Waals surface area contributed by atoms with Crippen molar-refractivity contribution in [3.63, 3.8) is 0 Å². The lowest BCUT2D eigenvalue weighted by atomic mass is 9.49. The molecule has 6 nitrogen and oxygen atoms in total. The van der Waals surface area contributed by atoms with Gasteiger partial charge in [0.05, 0.1) is 6.54 Å². The summed E-state index contributed by atoms with van der Waals surface area (Å²) in [5.74, 6) is 2.61. The van der Waals surface area contributed by atoms with Crippen LogP contribution in [0.25, 0.3) is 0 Å². The lowest BCUT2D eigenvalue weighted by molar-refractivity contribution is -0.131. The molecule has 2 amide bonds. The summed E-state index contributed by atoms with van der Waals surface area (Å²) in [6.07, 6.45) is 9.52. The number of nitrogens with one attached hydrogen (secondary N) is 3. The minimum atomic E-state index is -0.0610. The number of nitrogens with zero attached hydrogens (tertiary/aromatic N) is 1. The molecule has 0 aromatic heterocycles. The summed E-state index contributed by atoms with van der Waals surface area (Å²) in [6, 6.07) is 0. The molecule has 1 heterocycles. The Morgan fingerprint density at radius 2 is 1.56 bits per heavy atom. The quantitative estimate of drug-likeness (QED) is 0.555. The molecule has 0 radical (unpaired) electrons. The van der Waals surface area contributed by atoms with Crippen LogP contribution in [0.4, 0.5) is 0 Å². The second kappa shape index (κ2) is 8.48. The van der Waals surface area contributed by atoms with E-state index < -0.39 is 0 Å². The molecule has 1 saturated heterocycles. The molecule has 0 unspecified atom stereocenters. The number of rotatable bonds is 8. The van der Waals surface area contributed by atoms with Gasteiger partial charge in [-0.25, -0.2) is 0 Å². The number of carbonyl (C=O) groups excluding carboxylic acids is 2. The van der Waals surface area contributed by atoms with Crippen LogP contribution in [0.5, 0.6) is 0 Å². The summed E-state index contributed by atoms with van der Waals surface area (Å²) in [4.78, 5) is 26.9. The molecule has 5 rings (SSSR count). The highest BCUT2D eigenvalue weighted by molar-refractivity contribution is 5.84. The second-order valence-electron chi connectivity index (χ2n) is 9.67. The van der Waals surface area contributed by atoms with Crippen LogP contribution in [0.3, 0.4) is 0 Å². The summed E-state index contributed by atoms with van der Waals surface area (Å²) >= 11 is 0. The van der Waals surface area contributed by atoms with Crippen LogP contribution in [0.15, 0.2) is 0 Å². The van der Waals surface area contributed by atoms with E-state index in [1.165, 1.54) is 38.5 Å². The van der Waals surface area contributed by atoms with E-state index in [9.17, 15) is 9.59 Å². The van der Waals surface area contributed by atoms with Gasteiger partial charge in [-0.15, -0.1) is 0 Å². The van der Waals surface area contributed by atoms with Gasteiger partial charge in [0, 0.05) is 39.1 Å². The van der Waals surface area contributed by atoms with E-state index >= 15 is 0 Å². The highest BCUT2D eigenvalue weighted by Gasteiger charge is 2.51. The zero-order valence-corrected chi connectivity index (χ0v) is 16.6. The third kappa shape index (κ3) is 5.02. The van der Waals surface area contributed by atoms with Crippen LogP contribution < -0.4 is 16.0 Å². The Hall–Kier alpha value is -1.14. The van der Waals surface area contributed by atoms with Gasteiger partial charge in [-0.1, -0.05) is 0 Å². The summed E-state index contributed by atoms with van der Waals surface area (Å²) in [7, 11) is 0. The highest BCUT2D eigenvalue weighted by Crippen LogP contribution is 2.61. The van der Waals surface area contributed by atoms with Crippen molar-refractivity contribution < 1.29 is 9.59 Å². The Balaban J connectivity index is 1.11. The minimum absolute atomic E-state index is 0.0610. The largest absolute Gasteiger partial charge is 0.355 e. The minimum Gasteiger partial charge on any atom is -0.355 e. The predicted octanol–water partition coefficient (Wildman–Crippen LogP) is 1.12. The van der Waals surface area contributed by atoms with Crippen molar-refractivity contribution in [1.82, 2.24) is 20.9 Å². The molecular weight excluding hydrogens is 340 g/mol.